The van der Waals surface area contributed by atoms with Crippen LogP contribution in [0.4, 0.5) is 0 Å². The lowest BCUT2D eigenvalue weighted by atomic mass is 10.0. The summed E-state index contributed by atoms with van der Waals surface area (Å²) in [6, 6.07) is 0. The Bertz CT molecular complexity index is 1020. The number of unbranched alkanes of at least 4 members (excludes halogenated alkanes) is 33. The molecule has 3 atom stereocenters. The molecule has 368 valence electrons. The molecule has 0 rings (SSSR count). The van der Waals surface area contributed by atoms with Gasteiger partial charge in [-0.1, -0.05) is 231 Å². The molecule has 0 aliphatic carbocycles. The topological polar surface area (TPSA) is 132 Å². The Kier molecular flexibility index (Phi) is 48.5. The summed E-state index contributed by atoms with van der Waals surface area (Å²) in [6.07, 6.45) is 54.3. The van der Waals surface area contributed by atoms with Crippen LogP contribution < -0.4 is 0 Å². The highest BCUT2D eigenvalue weighted by Crippen LogP contribution is 2.43. The van der Waals surface area contributed by atoms with Gasteiger partial charge < -0.3 is 24.6 Å². The molecule has 0 amide bonds. The van der Waals surface area contributed by atoms with E-state index in [1.807, 2.05) is 0 Å². The first-order valence-corrected chi connectivity index (χ1v) is 27.8. The van der Waals surface area contributed by atoms with Gasteiger partial charge in [0.2, 0.25) is 0 Å². The molecule has 0 bridgehead atoms. The van der Waals surface area contributed by atoms with Crippen LogP contribution in [0.2, 0.25) is 0 Å². The molecule has 0 aliphatic rings. The van der Waals surface area contributed by atoms with Crippen molar-refractivity contribution >= 4 is 13.8 Å². The predicted octanol–water partition coefficient (Wildman–Crippen LogP) is 15.4. The first-order valence-electron chi connectivity index (χ1n) is 26.3. The molecule has 62 heavy (non-hydrogen) atoms. The third-order valence-corrected chi connectivity index (χ3v) is 12.6. The number of phosphoric acid groups is 1. The van der Waals surface area contributed by atoms with Gasteiger partial charge >= 0.3 is 13.8 Å². The summed E-state index contributed by atoms with van der Waals surface area (Å²) in [5.41, 5.74) is 0. The lowest BCUT2D eigenvalue weighted by molar-refractivity contribution is -0.154. The van der Waals surface area contributed by atoms with Gasteiger partial charge in [0.1, 0.15) is 12.2 Å². The van der Waals surface area contributed by atoms with Crippen LogP contribution in [-0.2, 0) is 27.9 Å². The van der Waals surface area contributed by atoms with Crippen molar-refractivity contribution in [1.82, 2.24) is 0 Å². The van der Waals surface area contributed by atoms with Gasteiger partial charge in [-0.25, -0.2) is 4.57 Å². The van der Waals surface area contributed by atoms with Crippen molar-refractivity contribution in [2.75, 3.05) is 33.0 Å². The number of aliphatic hydroxyl groups is 2. The van der Waals surface area contributed by atoms with Crippen molar-refractivity contribution in [1.29, 1.82) is 0 Å². The highest BCUT2D eigenvalue weighted by atomic mass is 31.2. The van der Waals surface area contributed by atoms with E-state index < -0.39 is 33.2 Å². The van der Waals surface area contributed by atoms with Crippen molar-refractivity contribution in [3.05, 3.63) is 24.3 Å². The van der Waals surface area contributed by atoms with Crippen molar-refractivity contribution in [2.24, 2.45) is 0 Å². The third-order valence-electron chi connectivity index (χ3n) is 11.6. The van der Waals surface area contributed by atoms with E-state index >= 15 is 0 Å². The molecule has 0 aromatic rings. The third kappa shape index (κ3) is 48.4. The number of allylic oxidation sites excluding steroid dienone is 4. The van der Waals surface area contributed by atoms with Crippen molar-refractivity contribution < 1.29 is 43.0 Å². The summed E-state index contributed by atoms with van der Waals surface area (Å²) in [5, 5.41) is 18.4. The van der Waals surface area contributed by atoms with Gasteiger partial charge in [0.15, 0.2) is 0 Å². The van der Waals surface area contributed by atoms with Crippen LogP contribution in [0.1, 0.15) is 258 Å². The van der Waals surface area contributed by atoms with Gasteiger partial charge in [-0.3, -0.25) is 13.8 Å². The molecular weight excluding hydrogens is 800 g/mol. The summed E-state index contributed by atoms with van der Waals surface area (Å²) < 4.78 is 33.5. The molecule has 0 fully saturated rings. The number of esters is 1. The van der Waals surface area contributed by atoms with E-state index in [2.05, 4.69) is 38.2 Å². The van der Waals surface area contributed by atoms with E-state index in [9.17, 15) is 19.4 Å². The molecule has 3 unspecified atom stereocenters. The second kappa shape index (κ2) is 49.4. The van der Waals surface area contributed by atoms with E-state index in [0.29, 0.717) is 6.61 Å². The molecule has 0 spiro atoms. The smallest absolute Gasteiger partial charge is 0.457 e. The van der Waals surface area contributed by atoms with E-state index in [4.69, 9.17) is 23.6 Å². The molecule has 0 aromatic carbocycles. The van der Waals surface area contributed by atoms with Gasteiger partial charge in [-0.05, 0) is 44.9 Å². The molecule has 3 N–H and O–H groups in total. The van der Waals surface area contributed by atoms with E-state index in [-0.39, 0.29) is 25.6 Å². The number of rotatable bonds is 51. The Labute approximate surface area is 383 Å². The molecule has 9 nitrogen and oxygen atoms in total. The molecule has 0 radical (unpaired) electrons. The van der Waals surface area contributed by atoms with Gasteiger partial charge in [-0.2, -0.15) is 0 Å². The fraction of sp³-hybridized carbons (Fsp3) is 0.904. The fourth-order valence-corrected chi connectivity index (χ4v) is 8.41. The van der Waals surface area contributed by atoms with E-state index in [1.54, 1.807) is 0 Å². The largest absolute Gasteiger partial charge is 0.472 e. The van der Waals surface area contributed by atoms with Crippen LogP contribution in [0, 0.1) is 0 Å². The van der Waals surface area contributed by atoms with Crippen LogP contribution in [0.25, 0.3) is 0 Å². The average Bonchev–Trinajstić information content (AvgIpc) is 3.26. The predicted molar refractivity (Wildman–Crippen MR) is 261 cm³/mol. The Morgan fingerprint density at radius 3 is 1.32 bits per heavy atom. The summed E-state index contributed by atoms with van der Waals surface area (Å²) in [5.74, 6) is -0.378. The van der Waals surface area contributed by atoms with Crippen LogP contribution in [0.3, 0.4) is 0 Å². The zero-order valence-electron chi connectivity index (χ0n) is 40.6. The first-order chi connectivity index (χ1) is 30.3. The number of hydrogen-bond acceptors (Lipinski definition) is 8. The second-order valence-electron chi connectivity index (χ2n) is 17.9. The molecule has 0 saturated heterocycles. The Hall–Kier alpha value is -1.06. The number of phosphoric ester groups is 1. The molecular formula is C52H101O9P. The van der Waals surface area contributed by atoms with Crippen LogP contribution in [0.5, 0.6) is 0 Å². The summed E-state index contributed by atoms with van der Waals surface area (Å²) in [6.45, 7) is 3.54. The minimum atomic E-state index is -4.52. The first kappa shape index (κ1) is 60.9. The monoisotopic (exact) mass is 901 g/mol. The average molecular weight is 901 g/mol. The summed E-state index contributed by atoms with van der Waals surface area (Å²) >= 11 is 0. The number of aliphatic hydroxyl groups excluding tert-OH is 2. The highest BCUT2D eigenvalue weighted by molar-refractivity contribution is 7.47. The minimum absolute atomic E-state index is 0.0497. The van der Waals surface area contributed by atoms with Crippen LogP contribution in [-0.4, -0.2) is 66.3 Å². The molecule has 10 heteroatoms. The molecule has 0 saturated carbocycles. The van der Waals surface area contributed by atoms with E-state index in [1.165, 1.54) is 186 Å². The number of carbonyl (C=O) groups excluding carboxylic acids is 1. The van der Waals surface area contributed by atoms with Crippen molar-refractivity contribution in [3.63, 3.8) is 0 Å². The molecule has 0 aliphatic heterocycles. The van der Waals surface area contributed by atoms with Crippen molar-refractivity contribution in [2.45, 2.75) is 270 Å². The maximum absolute atomic E-state index is 12.7. The Morgan fingerprint density at radius 1 is 0.500 bits per heavy atom. The highest BCUT2D eigenvalue weighted by Gasteiger charge is 2.26. The SMILES string of the molecule is CCCCC/C=C\C/C=C\CCCCCCCCCCOCC(COP(=O)(O)OCC(O)CO)OC(=O)CCCCCCCCCCCCCCCCCCCCCCCCC. The van der Waals surface area contributed by atoms with Crippen LogP contribution >= 0.6 is 7.82 Å². The van der Waals surface area contributed by atoms with Crippen LogP contribution in [0.15, 0.2) is 24.3 Å². The van der Waals surface area contributed by atoms with Gasteiger partial charge in [-0.15, -0.1) is 0 Å². The fourth-order valence-electron chi connectivity index (χ4n) is 7.62. The zero-order valence-corrected chi connectivity index (χ0v) is 41.5. The number of carbonyl (C=O) groups is 1. The normalized spacial score (nSPS) is 14.0. The lowest BCUT2D eigenvalue weighted by Gasteiger charge is -2.20. The molecule has 0 aromatic heterocycles. The zero-order chi connectivity index (χ0) is 45.3. The second-order valence-corrected chi connectivity index (χ2v) is 19.4. The number of ether oxygens (including phenoxy) is 2. The van der Waals surface area contributed by atoms with E-state index in [0.717, 1.165) is 51.4 Å². The molecule has 0 heterocycles. The Balaban J connectivity index is 4.02. The number of hydrogen-bond donors (Lipinski definition) is 3. The maximum Gasteiger partial charge on any atom is 0.472 e. The van der Waals surface area contributed by atoms with Gasteiger partial charge in [0.05, 0.1) is 26.4 Å². The lowest BCUT2D eigenvalue weighted by Crippen LogP contribution is -2.29. The Morgan fingerprint density at radius 2 is 0.871 bits per heavy atom. The maximum atomic E-state index is 12.7. The summed E-state index contributed by atoms with van der Waals surface area (Å²) in [7, 11) is -4.52. The quantitative estimate of drug-likeness (QED) is 0.0236. The standard InChI is InChI=1S/C52H101O9P/c1-3-5-7-9-11-13-15-17-19-21-23-24-25-26-27-28-30-32-34-36-38-40-42-44-52(55)61-51(49-60-62(56,57)59-47-50(54)46-53)48-58-45-43-41-39-37-35-33-31-29-22-20-18-16-14-12-10-8-6-4-2/h12,14,18,20,50-51,53-54H,3-11,13,15-17,19,21-49H2,1-2H3,(H,56,57)/b14-12-,20-18-. The minimum Gasteiger partial charge on any atom is -0.457 e. The van der Waals surface area contributed by atoms with Gasteiger partial charge in [0.25, 0.3) is 0 Å². The van der Waals surface area contributed by atoms with Crippen molar-refractivity contribution in [3.8, 4) is 0 Å². The summed E-state index contributed by atoms with van der Waals surface area (Å²) in [4.78, 5) is 22.7. The van der Waals surface area contributed by atoms with Gasteiger partial charge in [0, 0.05) is 13.0 Å².